The second kappa shape index (κ2) is 3.45. The molecule has 2 atom stereocenters. The van der Waals surface area contributed by atoms with Crippen LogP contribution in [0.3, 0.4) is 0 Å². The van der Waals surface area contributed by atoms with Crippen LogP contribution >= 0.6 is 0 Å². The first-order chi connectivity index (χ1) is 4.09. The van der Waals surface area contributed by atoms with Crippen LogP contribution in [0.25, 0.3) is 0 Å². The summed E-state index contributed by atoms with van der Waals surface area (Å²) in [6.07, 6.45) is 0.813. The van der Waals surface area contributed by atoms with Gasteiger partial charge in [-0.05, 0) is 5.92 Å². The third kappa shape index (κ3) is 2.46. The molecule has 0 aliphatic heterocycles. The lowest BCUT2D eigenvalue weighted by atomic mass is 11.0. The van der Waals surface area contributed by atoms with Crippen LogP contribution in [0.1, 0.15) is 20.3 Å². The van der Waals surface area contributed by atoms with E-state index in [1.165, 1.54) is 0 Å². The predicted molar refractivity (Wildman–Crippen MR) is 35.1 cm³/mol. The highest BCUT2D eigenvalue weighted by Crippen LogP contribution is 2.04. The number of hydrogen-bond acceptors (Lipinski definition) is 2. The minimum Gasteiger partial charge on any atom is -0.480 e. The third-order valence-electron chi connectivity index (χ3n) is 1.54. The Kier molecular flexibility index (Phi) is 3.24. The van der Waals surface area contributed by atoms with E-state index in [9.17, 15) is 4.79 Å². The van der Waals surface area contributed by atoms with Gasteiger partial charge in [0.15, 0.2) is 0 Å². The Bertz CT molecular complexity index is 103. The normalized spacial score (nSPS) is 16.8. The largest absolute Gasteiger partial charge is 0.480 e. The molecule has 0 heterocycles. The van der Waals surface area contributed by atoms with Crippen LogP contribution in [0.15, 0.2) is 0 Å². The first kappa shape index (κ1) is 8.43. The van der Waals surface area contributed by atoms with Gasteiger partial charge in [-0.1, -0.05) is 20.3 Å². The molecule has 0 aliphatic rings. The van der Waals surface area contributed by atoms with Crippen LogP contribution in [-0.2, 0) is 4.79 Å². The number of hydrogen-bond donors (Lipinski definition) is 2. The SMILES string of the molecule is [13CH3][13CH2][13C@H]([13CH3])[13C@@H](N)[13C](=O)O. The molecule has 0 aromatic rings. The molecule has 3 heteroatoms. The highest BCUT2D eigenvalue weighted by molar-refractivity contribution is 5.73. The Morgan fingerprint density at radius 2 is 2.22 bits per heavy atom. The molecular formula is C6H13NO2. The van der Waals surface area contributed by atoms with E-state index in [1.807, 2.05) is 13.8 Å². The van der Waals surface area contributed by atoms with E-state index in [4.69, 9.17) is 10.8 Å². The van der Waals surface area contributed by atoms with Crippen molar-refractivity contribution in [3.05, 3.63) is 0 Å². The summed E-state index contributed by atoms with van der Waals surface area (Å²) in [5.74, 6) is -0.841. The maximum atomic E-state index is 10.2. The summed E-state index contributed by atoms with van der Waals surface area (Å²) in [6, 6.07) is -0.699. The first-order valence-corrected chi connectivity index (χ1v) is 3.08. The smallest absolute Gasteiger partial charge is 0.320 e. The van der Waals surface area contributed by atoms with Crippen molar-refractivity contribution in [2.75, 3.05) is 0 Å². The highest BCUT2D eigenvalue weighted by atomic mass is 16.5. The molecule has 0 fully saturated rings. The zero-order valence-corrected chi connectivity index (χ0v) is 5.79. The summed E-state index contributed by atoms with van der Waals surface area (Å²) in [4.78, 5) is 10.2. The van der Waals surface area contributed by atoms with Crippen LogP contribution in [0.4, 0.5) is 0 Å². The molecule has 0 saturated carbocycles. The minimum absolute atomic E-state index is 0.0718. The third-order valence-corrected chi connectivity index (χ3v) is 1.54. The van der Waals surface area contributed by atoms with Crippen molar-refractivity contribution < 1.29 is 9.90 Å². The Balaban J connectivity index is 3.72. The van der Waals surface area contributed by atoms with Gasteiger partial charge in [-0.15, -0.1) is 0 Å². The lowest BCUT2D eigenvalue weighted by molar-refractivity contribution is -0.139. The van der Waals surface area contributed by atoms with Crippen molar-refractivity contribution in [3.63, 3.8) is 0 Å². The van der Waals surface area contributed by atoms with Gasteiger partial charge < -0.3 is 10.8 Å². The maximum absolute atomic E-state index is 10.2. The fraction of sp³-hybridized carbons (Fsp3) is 0.833. The first-order valence-electron chi connectivity index (χ1n) is 3.08. The van der Waals surface area contributed by atoms with E-state index in [1.54, 1.807) is 0 Å². The lowest BCUT2D eigenvalue weighted by Gasteiger charge is -2.11. The molecule has 0 bridgehead atoms. The number of nitrogens with two attached hydrogens (primary N) is 1. The average molecular weight is 137 g/mol. The van der Waals surface area contributed by atoms with Gasteiger partial charge in [0, 0.05) is 0 Å². The standard InChI is InChI=1S/C6H13NO2/c1-3-4(2)5(7)6(8)9/h4-5H,3,7H2,1-2H3,(H,8,9)/t4-,5+/m0/s1/i1+1,2+1,3+1,4+1,5+1,6+1. The van der Waals surface area contributed by atoms with Gasteiger partial charge in [0.25, 0.3) is 0 Å². The van der Waals surface area contributed by atoms with Crippen molar-refractivity contribution in [1.82, 2.24) is 0 Å². The molecule has 0 unspecified atom stereocenters. The maximum Gasteiger partial charge on any atom is 0.320 e. The molecule has 3 N–H and O–H groups in total. The van der Waals surface area contributed by atoms with E-state index >= 15 is 0 Å². The highest BCUT2D eigenvalue weighted by Gasteiger charge is 2.17. The quantitative estimate of drug-likeness (QED) is 0.555. The Hall–Kier alpha value is -0.570. The zero-order valence-electron chi connectivity index (χ0n) is 5.79. The minimum atomic E-state index is -0.913. The van der Waals surface area contributed by atoms with E-state index in [2.05, 4.69) is 0 Å². The van der Waals surface area contributed by atoms with Crippen LogP contribution in [0.5, 0.6) is 0 Å². The second-order valence-corrected chi connectivity index (χ2v) is 2.25. The molecule has 0 aliphatic carbocycles. The van der Waals surface area contributed by atoms with Gasteiger partial charge >= 0.3 is 5.97 Å². The van der Waals surface area contributed by atoms with Gasteiger partial charge in [-0.3, -0.25) is 4.79 Å². The topological polar surface area (TPSA) is 63.3 Å². The van der Waals surface area contributed by atoms with Gasteiger partial charge in [0.05, 0.1) is 0 Å². The monoisotopic (exact) mass is 137 g/mol. The fourth-order valence-corrected chi connectivity index (χ4v) is 0.497. The fourth-order valence-electron chi connectivity index (χ4n) is 0.497. The summed E-state index contributed by atoms with van der Waals surface area (Å²) in [7, 11) is 0. The molecule has 0 saturated heterocycles. The van der Waals surface area contributed by atoms with Crippen LogP contribution < -0.4 is 5.73 Å². The number of carboxylic acids is 1. The summed E-state index contributed by atoms with van der Waals surface area (Å²) in [5.41, 5.74) is 5.27. The Morgan fingerprint density at radius 1 is 1.78 bits per heavy atom. The number of carboxylic acid groups (broad SMARTS) is 1. The van der Waals surface area contributed by atoms with Crippen LogP contribution in [0, 0.1) is 5.92 Å². The van der Waals surface area contributed by atoms with Crippen molar-refractivity contribution in [2.45, 2.75) is 26.3 Å². The average Bonchev–Trinajstić information content (AvgIpc) is 1.84. The molecule has 0 aromatic carbocycles. The molecule has 54 valence electrons. The number of rotatable bonds is 3. The van der Waals surface area contributed by atoms with Gasteiger partial charge in [-0.25, -0.2) is 0 Å². The molecule has 0 spiro atoms. The van der Waals surface area contributed by atoms with E-state index < -0.39 is 12.0 Å². The summed E-state index contributed by atoms with van der Waals surface area (Å²) >= 11 is 0. The van der Waals surface area contributed by atoms with Crippen LogP contribution in [-0.4, -0.2) is 17.1 Å². The summed E-state index contributed by atoms with van der Waals surface area (Å²) in [5, 5.41) is 8.36. The predicted octanol–water partition coefficient (Wildman–Crippen LogP) is 0.444. The van der Waals surface area contributed by atoms with E-state index in [0.29, 0.717) is 0 Å². The molecular weight excluding hydrogens is 124 g/mol. The zero-order chi connectivity index (χ0) is 7.44. The molecule has 0 aromatic heterocycles. The van der Waals surface area contributed by atoms with Gasteiger partial charge in [-0.2, -0.15) is 0 Å². The van der Waals surface area contributed by atoms with Crippen molar-refractivity contribution in [3.8, 4) is 0 Å². The molecule has 0 radical (unpaired) electrons. The van der Waals surface area contributed by atoms with E-state index in [0.717, 1.165) is 6.42 Å². The summed E-state index contributed by atoms with van der Waals surface area (Å²) in [6.45, 7) is 3.76. The van der Waals surface area contributed by atoms with Gasteiger partial charge in [0.2, 0.25) is 0 Å². The van der Waals surface area contributed by atoms with Crippen molar-refractivity contribution in [1.29, 1.82) is 0 Å². The van der Waals surface area contributed by atoms with Crippen molar-refractivity contribution in [2.24, 2.45) is 11.7 Å². The molecule has 0 rings (SSSR count). The lowest BCUT2D eigenvalue weighted by Crippen LogP contribution is -2.36. The molecule has 3 nitrogen and oxygen atoms in total. The summed E-state index contributed by atoms with van der Waals surface area (Å²) < 4.78 is 0. The second-order valence-electron chi connectivity index (χ2n) is 2.25. The molecule has 0 amide bonds. The molecule has 9 heavy (non-hydrogen) atoms. The van der Waals surface area contributed by atoms with E-state index in [-0.39, 0.29) is 5.92 Å². The Morgan fingerprint density at radius 3 is 2.33 bits per heavy atom. The number of carbonyl (C=O) groups is 1. The Labute approximate surface area is 54.9 Å². The van der Waals surface area contributed by atoms with Crippen molar-refractivity contribution >= 4 is 5.97 Å². The number of aliphatic carboxylic acids is 1. The van der Waals surface area contributed by atoms with Gasteiger partial charge in [0.1, 0.15) is 6.04 Å². The van der Waals surface area contributed by atoms with Crippen LogP contribution in [0.2, 0.25) is 0 Å².